The first kappa shape index (κ1) is 27.1. The van der Waals surface area contributed by atoms with Gasteiger partial charge in [0.1, 0.15) is 13.2 Å². The molecule has 3 aromatic carbocycles. The van der Waals surface area contributed by atoms with Gasteiger partial charge >= 0.3 is 12.1 Å². The Morgan fingerprint density at radius 2 is 1.90 bits per heavy atom. The molecule has 1 fully saturated rings. The highest BCUT2D eigenvalue weighted by Crippen LogP contribution is 2.57. The zero-order chi connectivity index (χ0) is 28.7. The van der Waals surface area contributed by atoms with Crippen LogP contribution < -0.4 is 9.64 Å². The van der Waals surface area contributed by atoms with Crippen molar-refractivity contribution in [3.8, 4) is 16.9 Å². The lowest BCUT2D eigenvalue weighted by Crippen LogP contribution is -2.37. The molecule has 0 saturated heterocycles. The van der Waals surface area contributed by atoms with Crippen molar-refractivity contribution in [2.75, 3.05) is 24.7 Å². The maximum atomic E-state index is 14.0. The monoisotopic (exact) mass is 595 g/mol. The molecule has 2 atom stereocenters. The van der Waals surface area contributed by atoms with Crippen LogP contribution in [0.25, 0.3) is 11.1 Å². The highest BCUT2D eigenvalue weighted by Gasteiger charge is 2.48. The van der Waals surface area contributed by atoms with Gasteiger partial charge in [-0.15, -0.1) is 0 Å². The summed E-state index contributed by atoms with van der Waals surface area (Å²) >= 11 is 12.1. The number of benzene rings is 3. The first-order chi connectivity index (χ1) is 19.8. The Morgan fingerprint density at radius 1 is 1.07 bits per heavy atom. The van der Waals surface area contributed by atoms with Crippen molar-refractivity contribution >= 4 is 41.0 Å². The molecule has 1 saturated carbocycles. The topological polar surface area (TPSA) is 93.9 Å². The summed E-state index contributed by atoms with van der Waals surface area (Å²) in [5, 5.41) is 14.2. The van der Waals surface area contributed by atoms with E-state index in [2.05, 4.69) is 5.10 Å². The molecule has 8 nitrogen and oxygen atoms in total. The zero-order valence-corrected chi connectivity index (χ0v) is 23.1. The average Bonchev–Trinajstić information content (AvgIpc) is 3.61. The molecule has 0 radical (unpaired) electrons. The van der Waals surface area contributed by atoms with Crippen LogP contribution in [0, 0.1) is 11.7 Å². The lowest BCUT2D eigenvalue weighted by atomic mass is 9.93. The maximum Gasteiger partial charge on any atom is 0.414 e. The highest BCUT2D eigenvalue weighted by molar-refractivity contribution is 6.31. The Labute approximate surface area is 244 Å². The summed E-state index contributed by atoms with van der Waals surface area (Å²) in [4.78, 5) is 26.1. The summed E-state index contributed by atoms with van der Waals surface area (Å²) in [7, 11) is 0. The molecule has 1 aromatic heterocycles. The van der Waals surface area contributed by atoms with Crippen LogP contribution in [0.4, 0.5) is 14.9 Å². The van der Waals surface area contributed by atoms with Crippen LogP contribution in [0.2, 0.25) is 10.0 Å². The molecule has 1 N–H and O–H groups in total. The van der Waals surface area contributed by atoms with E-state index >= 15 is 0 Å². The zero-order valence-electron chi connectivity index (χ0n) is 21.6. The van der Waals surface area contributed by atoms with E-state index in [4.69, 9.17) is 32.7 Å². The van der Waals surface area contributed by atoms with E-state index in [1.807, 2.05) is 24.4 Å². The summed E-state index contributed by atoms with van der Waals surface area (Å²) in [6.45, 7) is 0.791. The van der Waals surface area contributed by atoms with Crippen molar-refractivity contribution in [2.45, 2.75) is 18.9 Å². The number of carbonyl (C=O) groups excluding carboxylic acids is 1. The van der Waals surface area contributed by atoms with Crippen molar-refractivity contribution in [1.82, 2.24) is 9.78 Å². The number of ether oxygens (including phenoxy) is 2. The van der Waals surface area contributed by atoms with Crippen molar-refractivity contribution in [1.29, 1.82) is 0 Å². The van der Waals surface area contributed by atoms with Crippen LogP contribution in [-0.2, 0) is 11.3 Å². The fraction of sp³-hybridized carbons (Fsp3) is 0.233. The van der Waals surface area contributed by atoms with E-state index in [0.717, 1.165) is 28.8 Å². The third-order valence-corrected chi connectivity index (χ3v) is 8.02. The second-order valence-electron chi connectivity index (χ2n) is 10.0. The molecule has 1 aliphatic heterocycles. The van der Waals surface area contributed by atoms with Crippen molar-refractivity contribution in [3.63, 3.8) is 0 Å². The molecule has 6 rings (SSSR count). The number of fused-ring (bicyclic) bond motifs is 3. The lowest BCUT2D eigenvalue weighted by molar-refractivity contribution is 0.0696. The quantitative estimate of drug-likeness (QED) is 0.223. The number of rotatable bonds is 8. The minimum absolute atomic E-state index is 0.000242. The smallest absolute Gasteiger partial charge is 0.414 e. The van der Waals surface area contributed by atoms with E-state index in [-0.39, 0.29) is 29.5 Å². The van der Waals surface area contributed by atoms with Gasteiger partial charge in [0.15, 0.2) is 11.6 Å². The van der Waals surface area contributed by atoms with Gasteiger partial charge in [-0.25, -0.2) is 14.0 Å². The Balaban J connectivity index is 1.17. The van der Waals surface area contributed by atoms with E-state index < -0.39 is 17.9 Å². The minimum atomic E-state index is -1.02. The largest absolute Gasteiger partial charge is 0.487 e. The van der Waals surface area contributed by atoms with E-state index in [1.165, 1.54) is 18.2 Å². The van der Waals surface area contributed by atoms with Gasteiger partial charge in [-0.3, -0.25) is 9.58 Å². The van der Waals surface area contributed by atoms with Crippen molar-refractivity contribution < 1.29 is 28.6 Å². The summed E-state index contributed by atoms with van der Waals surface area (Å²) in [6.07, 6.45) is 4.12. The number of anilines is 1. The first-order valence-electron chi connectivity index (χ1n) is 13.0. The van der Waals surface area contributed by atoms with Crippen LogP contribution in [0.15, 0.2) is 67.0 Å². The molecule has 11 heteroatoms. The SMILES string of the molecule is O=C(O)c1ccc(Cl)c(Cn2cc(-c3cccc4c3[C@H]3C[C@H]3CN4C(=O)OCCOc3cccc(Cl)c3F)cn2)c1. The molecule has 2 aliphatic rings. The van der Waals surface area contributed by atoms with Gasteiger partial charge in [0.2, 0.25) is 0 Å². The Kier molecular flexibility index (Phi) is 7.32. The molecule has 0 spiro atoms. The van der Waals surface area contributed by atoms with Crippen LogP contribution in [0.5, 0.6) is 5.75 Å². The van der Waals surface area contributed by atoms with Crippen LogP contribution >= 0.6 is 23.2 Å². The molecular formula is C30H24Cl2FN3O5. The van der Waals surface area contributed by atoms with Gasteiger partial charge in [-0.05, 0) is 71.3 Å². The number of carbonyl (C=O) groups is 2. The van der Waals surface area contributed by atoms with Gasteiger partial charge in [-0.2, -0.15) is 5.10 Å². The molecule has 0 bridgehead atoms. The number of carboxylic acid groups (broad SMARTS) is 1. The number of hydrogen-bond donors (Lipinski definition) is 1. The van der Waals surface area contributed by atoms with Crippen LogP contribution in [-0.4, -0.2) is 46.7 Å². The van der Waals surface area contributed by atoms with Gasteiger partial charge in [-0.1, -0.05) is 41.4 Å². The number of halogens is 3. The molecule has 2 heterocycles. The predicted molar refractivity (Wildman–Crippen MR) is 152 cm³/mol. The number of nitrogens with zero attached hydrogens (tertiary/aromatic N) is 3. The van der Waals surface area contributed by atoms with E-state index in [0.29, 0.717) is 35.5 Å². The summed E-state index contributed by atoms with van der Waals surface area (Å²) in [5.74, 6) is -1.01. The summed E-state index contributed by atoms with van der Waals surface area (Å²) < 4.78 is 26.6. The molecule has 1 amide bonds. The second-order valence-corrected chi connectivity index (χ2v) is 10.8. The normalized spacial score (nSPS) is 17.0. The molecule has 41 heavy (non-hydrogen) atoms. The Morgan fingerprint density at radius 3 is 2.73 bits per heavy atom. The third kappa shape index (κ3) is 5.47. The Bertz CT molecular complexity index is 1660. The number of carboxylic acids is 1. The van der Waals surface area contributed by atoms with Crippen LogP contribution in [0.3, 0.4) is 0 Å². The standard InChI is InChI=1S/C30H24Cl2FN3O5/c31-23-8-7-17(29(37)38)11-19(23)14-35-15-20(13-34-35)21-3-1-5-25-27(21)22-12-18(22)16-36(25)30(39)41-10-9-40-26-6-2-4-24(32)28(26)33/h1-8,11,13,15,18,22H,9-10,12,14,16H2,(H,37,38)/t18-,22-/m0/s1. The number of hydrogen-bond acceptors (Lipinski definition) is 5. The average molecular weight is 596 g/mol. The molecular weight excluding hydrogens is 572 g/mol. The van der Waals surface area contributed by atoms with E-state index in [1.54, 1.807) is 34.0 Å². The van der Waals surface area contributed by atoms with Crippen molar-refractivity contribution in [2.24, 2.45) is 5.92 Å². The summed E-state index contributed by atoms with van der Waals surface area (Å²) in [6, 6.07) is 14.9. The molecule has 1 aliphatic carbocycles. The summed E-state index contributed by atoms with van der Waals surface area (Å²) in [5.41, 5.74) is 4.52. The second kappa shape index (κ2) is 11.1. The maximum absolute atomic E-state index is 14.0. The molecule has 210 valence electrons. The van der Waals surface area contributed by atoms with Crippen LogP contribution in [0.1, 0.15) is 33.8 Å². The van der Waals surface area contributed by atoms with Gasteiger partial charge in [0.05, 0.1) is 29.0 Å². The third-order valence-electron chi connectivity index (χ3n) is 7.36. The number of amides is 1. The molecule has 0 unspecified atom stereocenters. The minimum Gasteiger partial charge on any atom is -0.487 e. The lowest BCUT2D eigenvalue weighted by Gasteiger charge is -2.29. The predicted octanol–water partition coefficient (Wildman–Crippen LogP) is 6.88. The number of aromatic nitrogens is 2. The molecule has 4 aromatic rings. The fourth-order valence-corrected chi connectivity index (χ4v) is 5.63. The Hall–Kier alpha value is -4.08. The first-order valence-corrected chi connectivity index (χ1v) is 13.7. The van der Waals surface area contributed by atoms with Gasteiger partial charge in [0.25, 0.3) is 0 Å². The highest BCUT2D eigenvalue weighted by atomic mass is 35.5. The number of aromatic carboxylic acids is 1. The fourth-order valence-electron chi connectivity index (χ4n) is 5.29. The van der Waals surface area contributed by atoms with Crippen molar-refractivity contribution in [3.05, 3.63) is 99.5 Å². The van der Waals surface area contributed by atoms with Gasteiger partial charge < -0.3 is 14.6 Å². The van der Waals surface area contributed by atoms with Gasteiger partial charge in [0, 0.05) is 23.3 Å². The van der Waals surface area contributed by atoms with E-state index in [9.17, 15) is 19.1 Å².